The highest BCUT2D eigenvalue weighted by Gasteiger charge is 2.39. The molecular weight excluding hydrogens is 344 g/mol. The van der Waals surface area contributed by atoms with Crippen molar-refractivity contribution in [1.82, 2.24) is 15.6 Å². The molecular formula is C20H28N4OS. The molecule has 2 N–H and O–H groups in total. The Balaban J connectivity index is 1.38. The van der Waals surface area contributed by atoms with Crippen LogP contribution in [0.1, 0.15) is 47.0 Å². The van der Waals surface area contributed by atoms with E-state index in [1.54, 1.807) is 17.6 Å². The standard InChI is InChI=1S/C20H28N4OS/c1-13-14(2)26-19(23-13)12-22-20(21-8-7-17-4-3-9-25-17)24-18-11-15-5-6-16(18)10-15/h3-4,9,15-16,18H,5-8,10-12H2,1-2H3,(H2,21,22,24). The molecule has 2 bridgehead atoms. The smallest absolute Gasteiger partial charge is 0.191 e. The summed E-state index contributed by atoms with van der Waals surface area (Å²) in [5.41, 5.74) is 1.12. The fourth-order valence-electron chi connectivity index (χ4n) is 4.26. The molecule has 2 aromatic rings. The number of thiazole rings is 1. The van der Waals surface area contributed by atoms with Crippen LogP contribution in [0.2, 0.25) is 0 Å². The molecule has 2 aromatic heterocycles. The predicted octanol–water partition coefficient (Wildman–Crippen LogP) is 3.82. The number of furan rings is 1. The van der Waals surface area contributed by atoms with Gasteiger partial charge >= 0.3 is 0 Å². The van der Waals surface area contributed by atoms with Gasteiger partial charge in [0.25, 0.3) is 0 Å². The Morgan fingerprint density at radius 3 is 2.92 bits per heavy atom. The van der Waals surface area contributed by atoms with E-state index in [1.165, 1.54) is 30.6 Å². The minimum atomic E-state index is 0.573. The highest BCUT2D eigenvalue weighted by molar-refractivity contribution is 7.11. The SMILES string of the molecule is Cc1nc(CN=C(NCCc2ccco2)NC2CC3CCC2C3)sc1C. The second-order valence-electron chi connectivity index (χ2n) is 7.60. The van der Waals surface area contributed by atoms with Crippen molar-refractivity contribution in [2.75, 3.05) is 6.54 Å². The molecule has 2 heterocycles. The van der Waals surface area contributed by atoms with Crippen molar-refractivity contribution in [2.45, 2.75) is 58.5 Å². The molecule has 3 unspecified atom stereocenters. The molecule has 3 atom stereocenters. The molecule has 0 aromatic carbocycles. The molecule has 0 spiro atoms. The van der Waals surface area contributed by atoms with Crippen LogP contribution in [0.25, 0.3) is 0 Å². The predicted molar refractivity (Wildman–Crippen MR) is 106 cm³/mol. The number of hydrogen-bond donors (Lipinski definition) is 2. The van der Waals surface area contributed by atoms with E-state index >= 15 is 0 Å². The molecule has 2 fully saturated rings. The second-order valence-corrected chi connectivity index (χ2v) is 8.88. The van der Waals surface area contributed by atoms with Gasteiger partial charge in [-0.2, -0.15) is 0 Å². The molecule has 2 aliphatic carbocycles. The van der Waals surface area contributed by atoms with Crippen LogP contribution in [0.5, 0.6) is 0 Å². The Morgan fingerprint density at radius 1 is 1.35 bits per heavy atom. The van der Waals surface area contributed by atoms with Gasteiger partial charge in [0.1, 0.15) is 10.8 Å². The molecule has 5 nitrogen and oxygen atoms in total. The normalized spacial score (nSPS) is 25.0. The lowest BCUT2D eigenvalue weighted by molar-refractivity contribution is 0.387. The number of rotatable bonds is 6. The Bertz CT molecular complexity index is 732. The van der Waals surface area contributed by atoms with E-state index in [4.69, 9.17) is 9.41 Å². The number of aromatic nitrogens is 1. The van der Waals surface area contributed by atoms with Crippen molar-refractivity contribution in [3.63, 3.8) is 0 Å². The maximum atomic E-state index is 5.43. The zero-order chi connectivity index (χ0) is 17.9. The summed E-state index contributed by atoms with van der Waals surface area (Å²) in [5.74, 6) is 3.66. The first kappa shape index (κ1) is 17.6. The van der Waals surface area contributed by atoms with E-state index in [2.05, 4.69) is 29.5 Å². The van der Waals surface area contributed by atoms with Gasteiger partial charge in [-0.1, -0.05) is 6.42 Å². The van der Waals surface area contributed by atoms with E-state index in [-0.39, 0.29) is 0 Å². The number of nitrogens with one attached hydrogen (secondary N) is 2. The summed E-state index contributed by atoms with van der Waals surface area (Å²) < 4.78 is 5.43. The summed E-state index contributed by atoms with van der Waals surface area (Å²) in [6.45, 7) is 5.64. The van der Waals surface area contributed by atoms with Gasteiger partial charge in [-0.25, -0.2) is 9.98 Å². The molecule has 4 rings (SSSR count). The van der Waals surface area contributed by atoms with Crippen LogP contribution in [0.15, 0.2) is 27.8 Å². The first-order chi connectivity index (χ1) is 12.7. The van der Waals surface area contributed by atoms with E-state index < -0.39 is 0 Å². The topological polar surface area (TPSA) is 62.5 Å². The number of hydrogen-bond acceptors (Lipinski definition) is 4. The number of nitrogens with zero attached hydrogens (tertiary/aromatic N) is 2. The third-order valence-electron chi connectivity index (χ3n) is 5.75. The minimum absolute atomic E-state index is 0.573. The van der Waals surface area contributed by atoms with Crippen molar-refractivity contribution in [1.29, 1.82) is 0 Å². The van der Waals surface area contributed by atoms with Gasteiger partial charge in [0.15, 0.2) is 5.96 Å². The Hall–Kier alpha value is -1.82. The zero-order valence-electron chi connectivity index (χ0n) is 15.6. The largest absolute Gasteiger partial charge is 0.469 e. The summed E-state index contributed by atoms with van der Waals surface area (Å²) in [5, 5.41) is 8.28. The minimum Gasteiger partial charge on any atom is -0.469 e. The van der Waals surface area contributed by atoms with Crippen molar-refractivity contribution in [2.24, 2.45) is 16.8 Å². The van der Waals surface area contributed by atoms with Gasteiger partial charge in [-0.3, -0.25) is 0 Å². The number of aliphatic imine (C=N–C) groups is 1. The number of aryl methyl sites for hydroxylation is 2. The fourth-order valence-corrected chi connectivity index (χ4v) is 5.12. The number of fused-ring (bicyclic) bond motifs is 2. The molecule has 0 amide bonds. The fraction of sp³-hybridized carbons (Fsp3) is 0.600. The van der Waals surface area contributed by atoms with E-state index in [9.17, 15) is 0 Å². The third-order valence-corrected chi connectivity index (χ3v) is 6.81. The maximum Gasteiger partial charge on any atom is 0.191 e. The summed E-state index contributed by atoms with van der Waals surface area (Å²) in [6.07, 6.45) is 8.05. The average molecular weight is 373 g/mol. The van der Waals surface area contributed by atoms with Gasteiger partial charge in [-0.15, -0.1) is 11.3 Å². The quantitative estimate of drug-likeness (QED) is 0.598. The van der Waals surface area contributed by atoms with Crippen LogP contribution in [0.4, 0.5) is 0 Å². The summed E-state index contributed by atoms with van der Waals surface area (Å²) in [6, 6.07) is 4.52. The molecule has 0 saturated heterocycles. The Kier molecular flexibility index (Phi) is 5.29. The van der Waals surface area contributed by atoms with E-state index in [0.29, 0.717) is 12.6 Å². The van der Waals surface area contributed by atoms with Crippen molar-refractivity contribution < 1.29 is 4.42 Å². The van der Waals surface area contributed by atoms with Gasteiger partial charge < -0.3 is 15.1 Å². The van der Waals surface area contributed by atoms with Gasteiger partial charge in [0, 0.05) is 23.9 Å². The highest BCUT2D eigenvalue weighted by Crippen LogP contribution is 2.44. The van der Waals surface area contributed by atoms with Crippen LogP contribution >= 0.6 is 11.3 Å². The summed E-state index contributed by atoms with van der Waals surface area (Å²) in [7, 11) is 0. The van der Waals surface area contributed by atoms with Crippen LogP contribution in [0.3, 0.4) is 0 Å². The highest BCUT2D eigenvalue weighted by atomic mass is 32.1. The first-order valence-corrected chi connectivity index (χ1v) is 10.5. The van der Waals surface area contributed by atoms with Gasteiger partial charge in [0.2, 0.25) is 0 Å². The Labute approximate surface area is 159 Å². The monoisotopic (exact) mass is 372 g/mol. The summed E-state index contributed by atoms with van der Waals surface area (Å²) in [4.78, 5) is 10.7. The van der Waals surface area contributed by atoms with Crippen molar-refractivity contribution in [3.05, 3.63) is 39.7 Å². The third kappa shape index (κ3) is 4.11. The van der Waals surface area contributed by atoms with Gasteiger partial charge in [0.05, 0.1) is 18.5 Å². The maximum absolute atomic E-state index is 5.43. The van der Waals surface area contributed by atoms with Crippen molar-refractivity contribution in [3.8, 4) is 0 Å². The lowest BCUT2D eigenvalue weighted by atomic mass is 9.95. The lowest BCUT2D eigenvalue weighted by Crippen LogP contribution is -2.46. The average Bonchev–Trinajstić information content (AvgIpc) is 3.39. The molecule has 140 valence electrons. The van der Waals surface area contributed by atoms with Crippen LogP contribution in [0, 0.1) is 25.7 Å². The van der Waals surface area contributed by atoms with Crippen molar-refractivity contribution >= 4 is 17.3 Å². The van der Waals surface area contributed by atoms with Gasteiger partial charge in [-0.05, 0) is 57.1 Å². The summed E-state index contributed by atoms with van der Waals surface area (Å²) >= 11 is 1.74. The molecule has 2 aliphatic rings. The molecule has 26 heavy (non-hydrogen) atoms. The van der Waals surface area contributed by atoms with Crippen LogP contribution in [-0.4, -0.2) is 23.5 Å². The lowest BCUT2D eigenvalue weighted by Gasteiger charge is -2.25. The second kappa shape index (κ2) is 7.82. The van der Waals surface area contributed by atoms with E-state index in [0.717, 1.165) is 47.2 Å². The molecule has 0 radical (unpaired) electrons. The Morgan fingerprint density at radius 2 is 2.27 bits per heavy atom. The molecule has 6 heteroatoms. The first-order valence-electron chi connectivity index (χ1n) is 9.67. The van der Waals surface area contributed by atoms with E-state index in [1.807, 2.05) is 12.1 Å². The molecule has 2 saturated carbocycles. The molecule has 0 aliphatic heterocycles. The van der Waals surface area contributed by atoms with Crippen LogP contribution < -0.4 is 10.6 Å². The number of guanidine groups is 1. The zero-order valence-corrected chi connectivity index (χ0v) is 16.4. The van der Waals surface area contributed by atoms with Crippen LogP contribution in [-0.2, 0) is 13.0 Å².